The molecule has 0 saturated carbocycles. The van der Waals surface area contributed by atoms with Gasteiger partial charge >= 0.3 is 0 Å². The van der Waals surface area contributed by atoms with Crippen molar-refractivity contribution in [2.45, 2.75) is 33.2 Å². The summed E-state index contributed by atoms with van der Waals surface area (Å²) in [6.07, 6.45) is 0.896. The first kappa shape index (κ1) is 19.4. The Bertz CT molecular complexity index is 581. The third-order valence-corrected chi connectivity index (χ3v) is 4.32. The molecule has 0 spiro atoms. The summed E-state index contributed by atoms with van der Waals surface area (Å²) >= 11 is 0. The highest BCUT2D eigenvalue weighted by molar-refractivity contribution is 5.93. The number of nitrogens with one attached hydrogen (secondary N) is 2. The second-order valence-corrected chi connectivity index (χ2v) is 6.83. The third kappa shape index (κ3) is 6.48. The highest BCUT2D eigenvalue weighted by Gasteiger charge is 2.21. The van der Waals surface area contributed by atoms with E-state index in [1.165, 1.54) is 0 Å². The van der Waals surface area contributed by atoms with Crippen molar-refractivity contribution < 1.29 is 9.59 Å². The summed E-state index contributed by atoms with van der Waals surface area (Å²) in [5.74, 6) is 0.0873. The van der Waals surface area contributed by atoms with Crippen molar-refractivity contribution in [3.05, 3.63) is 29.8 Å². The number of carbonyl (C=O) groups excluding carboxylic acids is 2. The van der Waals surface area contributed by atoms with Crippen LogP contribution < -0.4 is 10.6 Å². The molecule has 6 nitrogen and oxygen atoms in total. The molecule has 1 heterocycles. The molecule has 25 heavy (non-hydrogen) atoms. The summed E-state index contributed by atoms with van der Waals surface area (Å²) in [4.78, 5) is 28.4. The molecule has 1 saturated heterocycles. The van der Waals surface area contributed by atoms with Crippen molar-refractivity contribution in [1.29, 1.82) is 0 Å². The number of anilines is 1. The van der Waals surface area contributed by atoms with Gasteiger partial charge in [0.05, 0.1) is 13.1 Å². The number of piperazine rings is 1. The number of amides is 2. The van der Waals surface area contributed by atoms with Gasteiger partial charge in [-0.15, -0.1) is 0 Å². The van der Waals surface area contributed by atoms with E-state index >= 15 is 0 Å². The number of hydrogen-bond donors (Lipinski definition) is 2. The number of carbonyl (C=O) groups is 2. The van der Waals surface area contributed by atoms with E-state index in [1.807, 2.05) is 38.1 Å². The van der Waals surface area contributed by atoms with Gasteiger partial charge < -0.3 is 10.6 Å². The van der Waals surface area contributed by atoms with Crippen molar-refractivity contribution in [1.82, 2.24) is 15.1 Å². The normalized spacial score (nSPS) is 16.0. The predicted molar refractivity (Wildman–Crippen MR) is 101 cm³/mol. The summed E-state index contributed by atoms with van der Waals surface area (Å²) in [5, 5.41) is 5.93. The molecular formula is C19H30N4O2. The van der Waals surface area contributed by atoms with Gasteiger partial charge in [0.25, 0.3) is 0 Å². The van der Waals surface area contributed by atoms with Crippen LogP contribution in [0.1, 0.15) is 26.3 Å². The maximum atomic E-state index is 12.3. The first-order valence-electron chi connectivity index (χ1n) is 9.09. The van der Waals surface area contributed by atoms with Gasteiger partial charge in [0.15, 0.2) is 0 Å². The van der Waals surface area contributed by atoms with Crippen LogP contribution >= 0.6 is 0 Å². The van der Waals surface area contributed by atoms with E-state index in [0.29, 0.717) is 13.1 Å². The molecule has 0 radical (unpaired) electrons. The van der Waals surface area contributed by atoms with Crippen LogP contribution in [0.25, 0.3) is 0 Å². The van der Waals surface area contributed by atoms with Crippen molar-refractivity contribution in [3.8, 4) is 0 Å². The molecule has 2 amide bonds. The fraction of sp³-hybridized carbons (Fsp3) is 0.579. The molecule has 0 aliphatic carbocycles. The van der Waals surface area contributed by atoms with Gasteiger partial charge in [0.1, 0.15) is 0 Å². The highest BCUT2D eigenvalue weighted by atomic mass is 16.2. The van der Waals surface area contributed by atoms with Crippen LogP contribution in [0.4, 0.5) is 5.69 Å². The quantitative estimate of drug-likeness (QED) is 0.782. The van der Waals surface area contributed by atoms with E-state index in [1.54, 1.807) is 0 Å². The van der Waals surface area contributed by atoms with Gasteiger partial charge in [-0.1, -0.05) is 25.1 Å². The van der Waals surface area contributed by atoms with E-state index in [4.69, 9.17) is 0 Å². The van der Waals surface area contributed by atoms with Crippen LogP contribution in [0.3, 0.4) is 0 Å². The van der Waals surface area contributed by atoms with Crippen molar-refractivity contribution in [3.63, 3.8) is 0 Å². The molecule has 6 heteroatoms. The largest absolute Gasteiger partial charge is 0.353 e. The zero-order chi connectivity index (χ0) is 18.2. The Kier molecular flexibility index (Phi) is 7.40. The van der Waals surface area contributed by atoms with E-state index in [2.05, 4.69) is 27.4 Å². The van der Waals surface area contributed by atoms with Crippen LogP contribution in [0.15, 0.2) is 24.3 Å². The first-order valence-corrected chi connectivity index (χ1v) is 9.09. The van der Waals surface area contributed by atoms with Crippen molar-refractivity contribution in [2.24, 2.45) is 0 Å². The Morgan fingerprint density at radius 1 is 1.00 bits per heavy atom. The molecule has 2 rings (SSSR count). The smallest absolute Gasteiger partial charge is 0.238 e. The average molecular weight is 346 g/mol. The van der Waals surface area contributed by atoms with Gasteiger partial charge in [-0.2, -0.15) is 0 Å². The number of rotatable bonds is 7. The monoisotopic (exact) mass is 346 g/mol. The summed E-state index contributed by atoms with van der Waals surface area (Å²) in [5.41, 5.74) is 2.05. The Hall–Kier alpha value is -1.92. The summed E-state index contributed by atoms with van der Waals surface area (Å²) in [6, 6.07) is 8.08. The molecule has 0 aromatic heterocycles. The van der Waals surface area contributed by atoms with E-state index in [-0.39, 0.29) is 17.9 Å². The maximum absolute atomic E-state index is 12.3. The molecule has 138 valence electrons. The Balaban J connectivity index is 1.74. The number of hydrogen-bond acceptors (Lipinski definition) is 4. The van der Waals surface area contributed by atoms with Crippen LogP contribution in [0.2, 0.25) is 0 Å². The lowest BCUT2D eigenvalue weighted by Gasteiger charge is -2.34. The molecule has 0 bridgehead atoms. The van der Waals surface area contributed by atoms with Crippen LogP contribution in [-0.2, 0) is 16.0 Å². The SMILES string of the molecule is CCc1ccccc1NC(=O)CN1CCN(CC(=O)NC(C)C)CC1. The Morgan fingerprint density at radius 3 is 2.12 bits per heavy atom. The molecule has 1 aliphatic rings. The topological polar surface area (TPSA) is 64.7 Å². The minimum atomic E-state index is 0.0203. The van der Waals surface area contributed by atoms with Gasteiger partial charge in [-0.25, -0.2) is 0 Å². The standard InChI is InChI=1S/C19H30N4O2/c1-4-16-7-5-6-8-17(16)21-19(25)14-23-11-9-22(10-12-23)13-18(24)20-15(2)3/h5-8,15H,4,9-14H2,1-3H3,(H,20,24)(H,21,25). The summed E-state index contributed by atoms with van der Waals surface area (Å²) < 4.78 is 0. The van der Waals surface area contributed by atoms with Gasteiger partial charge in [0, 0.05) is 37.9 Å². The summed E-state index contributed by atoms with van der Waals surface area (Å²) in [7, 11) is 0. The minimum absolute atomic E-state index is 0.0203. The number of aryl methyl sites for hydroxylation is 1. The van der Waals surface area contributed by atoms with Crippen LogP contribution in [-0.4, -0.2) is 66.9 Å². The van der Waals surface area contributed by atoms with E-state index in [9.17, 15) is 9.59 Å². The highest BCUT2D eigenvalue weighted by Crippen LogP contribution is 2.15. The van der Waals surface area contributed by atoms with Crippen molar-refractivity contribution >= 4 is 17.5 Å². The zero-order valence-corrected chi connectivity index (χ0v) is 15.5. The molecule has 0 atom stereocenters. The third-order valence-electron chi connectivity index (χ3n) is 4.32. The Labute approximate surface area is 150 Å². The minimum Gasteiger partial charge on any atom is -0.353 e. The lowest BCUT2D eigenvalue weighted by molar-refractivity contribution is -0.124. The molecule has 1 aromatic carbocycles. The molecule has 1 aromatic rings. The number of para-hydroxylation sites is 1. The predicted octanol–water partition coefficient (Wildman–Crippen LogP) is 1.33. The molecule has 2 N–H and O–H groups in total. The summed E-state index contributed by atoms with van der Waals surface area (Å²) in [6.45, 7) is 10.1. The molecule has 0 unspecified atom stereocenters. The maximum Gasteiger partial charge on any atom is 0.238 e. The fourth-order valence-electron chi connectivity index (χ4n) is 3.02. The van der Waals surface area contributed by atoms with Crippen molar-refractivity contribution in [2.75, 3.05) is 44.6 Å². The average Bonchev–Trinajstić information content (AvgIpc) is 2.56. The number of benzene rings is 1. The van der Waals surface area contributed by atoms with Gasteiger partial charge in [0.2, 0.25) is 11.8 Å². The van der Waals surface area contributed by atoms with Crippen LogP contribution in [0.5, 0.6) is 0 Å². The second-order valence-electron chi connectivity index (χ2n) is 6.83. The van der Waals surface area contributed by atoms with Crippen LogP contribution in [0, 0.1) is 0 Å². The first-order chi connectivity index (χ1) is 12.0. The lowest BCUT2D eigenvalue weighted by atomic mass is 10.1. The second kappa shape index (κ2) is 9.53. The van der Waals surface area contributed by atoms with E-state index < -0.39 is 0 Å². The number of nitrogens with zero attached hydrogens (tertiary/aromatic N) is 2. The fourth-order valence-corrected chi connectivity index (χ4v) is 3.02. The molecule has 1 aliphatic heterocycles. The molecule has 1 fully saturated rings. The Morgan fingerprint density at radius 2 is 1.56 bits per heavy atom. The van der Waals surface area contributed by atoms with Gasteiger partial charge in [-0.3, -0.25) is 19.4 Å². The molecular weight excluding hydrogens is 316 g/mol. The lowest BCUT2D eigenvalue weighted by Crippen LogP contribution is -2.51. The zero-order valence-electron chi connectivity index (χ0n) is 15.5. The van der Waals surface area contributed by atoms with Gasteiger partial charge in [-0.05, 0) is 31.9 Å². The van der Waals surface area contributed by atoms with E-state index in [0.717, 1.165) is 43.9 Å².